The van der Waals surface area contributed by atoms with Gasteiger partial charge in [-0.1, -0.05) is 42.5 Å². The van der Waals surface area contributed by atoms with E-state index in [1.54, 1.807) is 26.0 Å². The van der Waals surface area contributed by atoms with Crippen molar-refractivity contribution in [1.82, 2.24) is 10.2 Å². The van der Waals surface area contributed by atoms with Crippen LogP contribution < -0.4 is 10.1 Å². The molecule has 1 N–H and O–H groups in total. The highest BCUT2D eigenvalue weighted by molar-refractivity contribution is 5.86. The second kappa shape index (κ2) is 11.5. The van der Waals surface area contributed by atoms with E-state index in [2.05, 4.69) is 5.32 Å². The molecule has 0 unspecified atom stereocenters. The highest BCUT2D eigenvalue weighted by Gasteiger charge is 2.17. The lowest BCUT2D eigenvalue weighted by atomic mass is 10.1. The molecule has 0 aliphatic heterocycles. The molecule has 0 atom stereocenters. The first-order valence-electron chi connectivity index (χ1n) is 9.51. The minimum atomic E-state index is -0.653. The molecule has 2 aromatic rings. The summed E-state index contributed by atoms with van der Waals surface area (Å²) in [5.41, 5.74) is 2.13. The molecule has 0 aromatic heterocycles. The number of rotatable bonds is 10. The van der Waals surface area contributed by atoms with Crippen LogP contribution in [0.1, 0.15) is 13.8 Å². The van der Waals surface area contributed by atoms with Crippen LogP contribution in [0.4, 0.5) is 0 Å². The number of nitrogens with one attached hydrogen (secondary N) is 1. The van der Waals surface area contributed by atoms with Crippen molar-refractivity contribution in [1.29, 1.82) is 0 Å². The van der Waals surface area contributed by atoms with Crippen molar-refractivity contribution in [3.63, 3.8) is 0 Å². The van der Waals surface area contributed by atoms with E-state index >= 15 is 0 Å². The van der Waals surface area contributed by atoms with Gasteiger partial charge in [0.1, 0.15) is 5.75 Å². The van der Waals surface area contributed by atoms with Crippen LogP contribution in [0, 0.1) is 0 Å². The molecular formula is C22H26N2O5. The van der Waals surface area contributed by atoms with Crippen LogP contribution in [0.2, 0.25) is 0 Å². The third-order valence-electron chi connectivity index (χ3n) is 4.12. The summed E-state index contributed by atoms with van der Waals surface area (Å²) in [5.74, 6) is -0.811. The molecule has 2 amide bonds. The average molecular weight is 398 g/mol. The number of nitrogens with zero attached hydrogens (tertiary/aromatic N) is 1. The molecule has 7 nitrogen and oxygen atoms in total. The Bertz CT molecular complexity index is 806. The normalized spacial score (nSPS) is 10.1. The molecule has 0 fully saturated rings. The van der Waals surface area contributed by atoms with Gasteiger partial charge < -0.3 is 19.7 Å². The van der Waals surface area contributed by atoms with E-state index in [9.17, 15) is 14.4 Å². The van der Waals surface area contributed by atoms with Crippen LogP contribution in [0.5, 0.6) is 5.75 Å². The van der Waals surface area contributed by atoms with E-state index in [1.807, 2.05) is 42.5 Å². The van der Waals surface area contributed by atoms with Crippen molar-refractivity contribution in [3.05, 3.63) is 54.6 Å². The largest absolute Gasteiger partial charge is 0.482 e. The van der Waals surface area contributed by atoms with Crippen LogP contribution in [0.25, 0.3) is 11.1 Å². The zero-order valence-corrected chi connectivity index (χ0v) is 16.7. The SMILES string of the molecule is CCNC(=O)CN(CC)C(=O)COC(=O)COc1ccc(-c2ccccc2)cc1. The number of hydrogen-bond acceptors (Lipinski definition) is 5. The number of hydrogen-bond donors (Lipinski definition) is 1. The molecule has 7 heteroatoms. The van der Waals surface area contributed by atoms with E-state index in [0.717, 1.165) is 11.1 Å². The Morgan fingerprint density at radius 2 is 1.55 bits per heavy atom. The van der Waals surface area contributed by atoms with E-state index in [0.29, 0.717) is 18.8 Å². The van der Waals surface area contributed by atoms with E-state index < -0.39 is 18.5 Å². The van der Waals surface area contributed by atoms with Gasteiger partial charge in [0.05, 0.1) is 6.54 Å². The summed E-state index contributed by atoms with van der Waals surface area (Å²) in [6.45, 7) is 3.59. The van der Waals surface area contributed by atoms with Gasteiger partial charge in [-0.05, 0) is 37.1 Å². The molecule has 0 spiro atoms. The van der Waals surface area contributed by atoms with Gasteiger partial charge in [-0.3, -0.25) is 9.59 Å². The Morgan fingerprint density at radius 1 is 0.897 bits per heavy atom. The van der Waals surface area contributed by atoms with E-state index in [1.165, 1.54) is 4.90 Å². The fourth-order valence-corrected chi connectivity index (χ4v) is 2.59. The van der Waals surface area contributed by atoms with Crippen LogP contribution in [0.15, 0.2) is 54.6 Å². The molecule has 2 rings (SSSR count). The van der Waals surface area contributed by atoms with Gasteiger partial charge in [-0.25, -0.2) is 4.79 Å². The van der Waals surface area contributed by atoms with Gasteiger partial charge in [0.2, 0.25) is 5.91 Å². The second-order valence-electron chi connectivity index (χ2n) is 6.20. The molecule has 154 valence electrons. The molecule has 0 aliphatic rings. The Morgan fingerprint density at radius 3 is 2.17 bits per heavy atom. The molecule has 0 heterocycles. The minimum absolute atomic E-state index is 0.0645. The Hall–Kier alpha value is -3.35. The molecule has 29 heavy (non-hydrogen) atoms. The Labute approximate surface area is 170 Å². The van der Waals surface area contributed by atoms with Crippen molar-refractivity contribution < 1.29 is 23.9 Å². The maximum atomic E-state index is 12.1. The maximum absolute atomic E-state index is 12.1. The topological polar surface area (TPSA) is 84.9 Å². The maximum Gasteiger partial charge on any atom is 0.344 e. The predicted molar refractivity (Wildman–Crippen MR) is 109 cm³/mol. The number of amides is 2. The lowest BCUT2D eigenvalue weighted by Crippen LogP contribution is -2.42. The van der Waals surface area contributed by atoms with Gasteiger partial charge in [0, 0.05) is 13.1 Å². The lowest BCUT2D eigenvalue weighted by Gasteiger charge is -2.20. The van der Waals surface area contributed by atoms with Gasteiger partial charge >= 0.3 is 5.97 Å². The summed E-state index contributed by atoms with van der Waals surface area (Å²) in [6, 6.07) is 17.3. The molecule has 0 bridgehead atoms. The Kier molecular flexibility index (Phi) is 8.69. The average Bonchev–Trinajstić information content (AvgIpc) is 2.75. The Balaban J connectivity index is 1.76. The molecule has 2 aromatic carbocycles. The number of likely N-dealkylation sites (N-methyl/N-ethyl adjacent to an activating group) is 2. The zero-order chi connectivity index (χ0) is 21.1. The van der Waals surface area contributed by atoms with E-state index in [-0.39, 0.29) is 19.1 Å². The predicted octanol–water partition coefficient (Wildman–Crippen LogP) is 2.26. The van der Waals surface area contributed by atoms with Gasteiger partial charge in [-0.15, -0.1) is 0 Å². The molecule has 0 saturated heterocycles. The van der Waals surface area contributed by atoms with Gasteiger partial charge in [0.25, 0.3) is 5.91 Å². The second-order valence-corrected chi connectivity index (χ2v) is 6.20. The third-order valence-corrected chi connectivity index (χ3v) is 4.12. The van der Waals surface area contributed by atoms with Gasteiger partial charge in [-0.2, -0.15) is 0 Å². The van der Waals surface area contributed by atoms with Crippen LogP contribution in [-0.4, -0.2) is 55.5 Å². The highest BCUT2D eigenvalue weighted by Crippen LogP contribution is 2.21. The van der Waals surface area contributed by atoms with Gasteiger partial charge in [0.15, 0.2) is 13.2 Å². The van der Waals surface area contributed by atoms with E-state index in [4.69, 9.17) is 9.47 Å². The molecule has 0 aliphatic carbocycles. The summed E-state index contributed by atoms with van der Waals surface area (Å²) < 4.78 is 10.4. The summed E-state index contributed by atoms with van der Waals surface area (Å²) >= 11 is 0. The fourth-order valence-electron chi connectivity index (χ4n) is 2.59. The first-order chi connectivity index (χ1) is 14.0. The minimum Gasteiger partial charge on any atom is -0.482 e. The first-order valence-corrected chi connectivity index (χ1v) is 9.51. The summed E-state index contributed by atoms with van der Waals surface area (Å²) in [4.78, 5) is 36.9. The highest BCUT2D eigenvalue weighted by atomic mass is 16.6. The van der Waals surface area contributed by atoms with Crippen LogP contribution >= 0.6 is 0 Å². The van der Waals surface area contributed by atoms with Crippen molar-refractivity contribution in [2.24, 2.45) is 0 Å². The third kappa shape index (κ3) is 7.29. The smallest absolute Gasteiger partial charge is 0.344 e. The molecule has 0 radical (unpaired) electrons. The number of ether oxygens (including phenoxy) is 2. The number of benzene rings is 2. The van der Waals surface area contributed by atoms with Crippen molar-refractivity contribution in [3.8, 4) is 16.9 Å². The zero-order valence-electron chi connectivity index (χ0n) is 16.7. The first kappa shape index (κ1) is 21.9. The van der Waals surface area contributed by atoms with Crippen LogP contribution in [-0.2, 0) is 19.1 Å². The summed E-state index contributed by atoms with van der Waals surface area (Å²) in [6.07, 6.45) is 0. The molecule has 0 saturated carbocycles. The number of carbonyl (C=O) groups excluding carboxylic acids is 3. The lowest BCUT2D eigenvalue weighted by molar-refractivity contribution is -0.154. The standard InChI is InChI=1S/C22H26N2O5/c1-3-23-20(25)14-24(4-2)21(26)15-29-22(27)16-28-19-12-10-18(11-13-19)17-8-6-5-7-9-17/h5-13H,3-4,14-16H2,1-2H3,(H,23,25). The van der Waals surface area contributed by atoms with Crippen LogP contribution in [0.3, 0.4) is 0 Å². The summed E-state index contributed by atoms with van der Waals surface area (Å²) in [5, 5.41) is 2.62. The van der Waals surface area contributed by atoms with Crippen molar-refractivity contribution in [2.75, 3.05) is 32.8 Å². The molecular weight excluding hydrogens is 372 g/mol. The monoisotopic (exact) mass is 398 g/mol. The quantitative estimate of drug-likeness (QED) is 0.621. The van der Waals surface area contributed by atoms with Crippen molar-refractivity contribution in [2.45, 2.75) is 13.8 Å². The fraction of sp³-hybridized carbons (Fsp3) is 0.318. The number of carbonyl (C=O) groups is 3. The summed E-state index contributed by atoms with van der Waals surface area (Å²) in [7, 11) is 0. The number of esters is 1. The van der Waals surface area contributed by atoms with Crippen molar-refractivity contribution >= 4 is 17.8 Å².